The maximum Gasteiger partial charge on any atom is 0.0492 e. The Morgan fingerprint density at radius 3 is 2.85 bits per heavy atom. The molecule has 20 heavy (non-hydrogen) atoms. The van der Waals surface area contributed by atoms with Crippen molar-refractivity contribution in [3.05, 3.63) is 50.3 Å². The molecule has 0 amide bonds. The smallest absolute Gasteiger partial charge is 0.0492 e. The topological polar surface area (TPSA) is 29.9 Å². The van der Waals surface area contributed by atoms with Crippen molar-refractivity contribution in [2.24, 2.45) is 7.05 Å². The molecule has 1 unspecified atom stereocenters. The molecule has 1 atom stereocenters. The number of aryl methyl sites for hydroxylation is 2. The van der Waals surface area contributed by atoms with Gasteiger partial charge in [-0.15, -0.1) is 0 Å². The summed E-state index contributed by atoms with van der Waals surface area (Å²) in [5.74, 6) is 0. The molecule has 1 aromatic heterocycles. The molecule has 3 nitrogen and oxygen atoms in total. The lowest BCUT2D eigenvalue weighted by Crippen LogP contribution is -2.22. The largest absolute Gasteiger partial charge is 0.310 e. The Morgan fingerprint density at radius 1 is 1.40 bits per heavy atom. The van der Waals surface area contributed by atoms with E-state index in [2.05, 4.69) is 58.1 Å². The van der Waals surface area contributed by atoms with E-state index in [-0.39, 0.29) is 0 Å². The van der Waals surface area contributed by atoms with Crippen LogP contribution in [0.25, 0.3) is 0 Å². The van der Waals surface area contributed by atoms with E-state index >= 15 is 0 Å². The van der Waals surface area contributed by atoms with E-state index in [9.17, 15) is 0 Å². The minimum absolute atomic E-state index is 0.320. The molecule has 0 fully saturated rings. The van der Waals surface area contributed by atoms with Crippen LogP contribution < -0.4 is 5.32 Å². The van der Waals surface area contributed by atoms with Gasteiger partial charge in [-0.2, -0.15) is 5.10 Å². The van der Waals surface area contributed by atoms with Gasteiger partial charge in [-0.3, -0.25) is 4.68 Å². The predicted molar refractivity (Wildman–Crippen MR) is 92.1 cm³/mol. The third-order valence-corrected chi connectivity index (χ3v) is 4.61. The van der Waals surface area contributed by atoms with E-state index in [0.717, 1.165) is 24.4 Å². The van der Waals surface area contributed by atoms with Gasteiger partial charge in [-0.25, -0.2) is 0 Å². The lowest BCUT2D eigenvalue weighted by molar-refractivity contribution is 0.504. The molecular weight excluding hydrogens is 385 g/mol. The Morgan fingerprint density at radius 2 is 2.20 bits per heavy atom. The molecule has 5 heteroatoms. The van der Waals surface area contributed by atoms with Crippen molar-refractivity contribution in [3.8, 4) is 0 Å². The van der Waals surface area contributed by atoms with Crippen molar-refractivity contribution in [1.82, 2.24) is 15.1 Å². The predicted octanol–water partition coefficient (Wildman–Crippen LogP) is 3.96. The third kappa shape index (κ3) is 3.96. The van der Waals surface area contributed by atoms with Crippen LogP contribution in [0.3, 0.4) is 0 Å². The monoisotopic (exact) mass is 403 g/mol. The van der Waals surface area contributed by atoms with Gasteiger partial charge < -0.3 is 5.32 Å². The molecule has 2 rings (SSSR count). The Bertz CT molecular complexity index is 568. The molecule has 0 radical (unpaired) electrons. The standard InChI is InChI=1S/C15H19ClIN3/c1-3-18-15(7-5-12-8-9-19-20(12)2)13-10-11(16)4-6-14(13)17/h4,6,8-10,15,18H,3,5,7H2,1-2H3. The first-order valence-electron chi connectivity index (χ1n) is 6.77. The summed E-state index contributed by atoms with van der Waals surface area (Å²) in [6, 6.07) is 8.48. The molecule has 1 N–H and O–H groups in total. The average Bonchev–Trinajstić information content (AvgIpc) is 2.83. The van der Waals surface area contributed by atoms with Crippen LogP contribution in [0.1, 0.15) is 30.6 Å². The summed E-state index contributed by atoms with van der Waals surface area (Å²) >= 11 is 8.52. The van der Waals surface area contributed by atoms with E-state index in [0.29, 0.717) is 6.04 Å². The number of benzene rings is 1. The molecule has 0 bridgehead atoms. The van der Waals surface area contributed by atoms with Crippen molar-refractivity contribution in [2.45, 2.75) is 25.8 Å². The summed E-state index contributed by atoms with van der Waals surface area (Å²) in [5.41, 5.74) is 2.53. The number of hydrogen-bond acceptors (Lipinski definition) is 2. The van der Waals surface area contributed by atoms with Crippen LogP contribution in [-0.4, -0.2) is 16.3 Å². The third-order valence-electron chi connectivity index (χ3n) is 3.40. The van der Waals surface area contributed by atoms with Crippen molar-refractivity contribution < 1.29 is 0 Å². The van der Waals surface area contributed by atoms with Crippen LogP contribution in [0.4, 0.5) is 0 Å². The van der Waals surface area contributed by atoms with E-state index in [1.54, 1.807) is 0 Å². The van der Waals surface area contributed by atoms with E-state index in [1.807, 2.05) is 24.0 Å². The van der Waals surface area contributed by atoms with Gasteiger partial charge in [0.05, 0.1) is 0 Å². The second-order valence-corrected chi connectivity index (χ2v) is 6.36. The fourth-order valence-corrected chi connectivity index (χ4v) is 3.23. The highest BCUT2D eigenvalue weighted by atomic mass is 127. The van der Waals surface area contributed by atoms with Gasteiger partial charge in [0.15, 0.2) is 0 Å². The number of halogens is 2. The molecule has 2 aromatic rings. The molecule has 0 saturated carbocycles. The maximum atomic E-state index is 6.14. The van der Waals surface area contributed by atoms with Crippen molar-refractivity contribution in [1.29, 1.82) is 0 Å². The van der Waals surface area contributed by atoms with Gasteiger partial charge in [0, 0.05) is 33.6 Å². The number of rotatable bonds is 6. The minimum atomic E-state index is 0.320. The summed E-state index contributed by atoms with van der Waals surface area (Å²) in [7, 11) is 1.99. The highest BCUT2D eigenvalue weighted by molar-refractivity contribution is 14.1. The molecule has 0 spiro atoms. The molecular formula is C15H19ClIN3. The number of nitrogens with zero attached hydrogens (tertiary/aromatic N) is 2. The number of hydrogen-bond donors (Lipinski definition) is 1. The maximum absolute atomic E-state index is 6.14. The first-order valence-corrected chi connectivity index (χ1v) is 8.22. The quantitative estimate of drug-likeness (QED) is 0.740. The highest BCUT2D eigenvalue weighted by Gasteiger charge is 2.15. The lowest BCUT2D eigenvalue weighted by atomic mass is 10.0. The van der Waals surface area contributed by atoms with E-state index in [4.69, 9.17) is 11.6 Å². The zero-order valence-corrected chi connectivity index (χ0v) is 14.6. The minimum Gasteiger partial charge on any atom is -0.310 e. The van der Waals surface area contributed by atoms with Gasteiger partial charge in [0.2, 0.25) is 0 Å². The van der Waals surface area contributed by atoms with Crippen LogP contribution in [0.15, 0.2) is 30.5 Å². The Balaban J connectivity index is 2.14. The zero-order chi connectivity index (χ0) is 14.5. The average molecular weight is 404 g/mol. The van der Waals surface area contributed by atoms with Crippen LogP contribution in [0, 0.1) is 3.57 Å². The van der Waals surface area contributed by atoms with Crippen molar-refractivity contribution in [3.63, 3.8) is 0 Å². The van der Waals surface area contributed by atoms with E-state index in [1.165, 1.54) is 14.8 Å². The summed E-state index contributed by atoms with van der Waals surface area (Å²) in [6.07, 6.45) is 3.88. The van der Waals surface area contributed by atoms with Crippen molar-refractivity contribution in [2.75, 3.05) is 6.54 Å². The Kier molecular flexibility index (Phi) is 5.86. The second kappa shape index (κ2) is 7.43. The SMILES string of the molecule is CCNC(CCc1ccnn1C)c1cc(Cl)ccc1I. The molecule has 0 aliphatic rings. The summed E-state index contributed by atoms with van der Waals surface area (Å²) in [5, 5.41) is 8.57. The van der Waals surface area contributed by atoms with Gasteiger partial charge >= 0.3 is 0 Å². The van der Waals surface area contributed by atoms with Crippen LogP contribution in [0.2, 0.25) is 5.02 Å². The second-order valence-electron chi connectivity index (χ2n) is 4.76. The molecule has 1 aromatic carbocycles. The molecule has 108 valence electrons. The molecule has 0 aliphatic carbocycles. The van der Waals surface area contributed by atoms with Gasteiger partial charge in [-0.05, 0) is 71.8 Å². The highest BCUT2D eigenvalue weighted by Crippen LogP contribution is 2.27. The van der Waals surface area contributed by atoms with Gasteiger partial charge in [-0.1, -0.05) is 18.5 Å². The molecule has 0 saturated heterocycles. The van der Waals surface area contributed by atoms with Gasteiger partial charge in [0.25, 0.3) is 0 Å². The molecule has 1 heterocycles. The zero-order valence-electron chi connectivity index (χ0n) is 11.7. The first-order chi connectivity index (χ1) is 9.61. The fraction of sp³-hybridized carbons (Fsp3) is 0.400. The van der Waals surface area contributed by atoms with Crippen LogP contribution in [-0.2, 0) is 13.5 Å². The fourth-order valence-electron chi connectivity index (χ4n) is 2.33. The normalized spacial score (nSPS) is 12.6. The summed E-state index contributed by atoms with van der Waals surface area (Å²) in [4.78, 5) is 0. The number of aromatic nitrogens is 2. The van der Waals surface area contributed by atoms with E-state index < -0.39 is 0 Å². The van der Waals surface area contributed by atoms with Crippen LogP contribution in [0.5, 0.6) is 0 Å². The molecule has 0 aliphatic heterocycles. The first kappa shape index (κ1) is 15.8. The number of nitrogens with one attached hydrogen (secondary N) is 1. The van der Waals surface area contributed by atoms with Crippen molar-refractivity contribution >= 4 is 34.2 Å². The summed E-state index contributed by atoms with van der Waals surface area (Å²) < 4.78 is 3.19. The summed E-state index contributed by atoms with van der Waals surface area (Å²) in [6.45, 7) is 3.08. The Hall–Kier alpha value is -0.590. The Labute approximate surface area is 138 Å². The lowest BCUT2D eigenvalue weighted by Gasteiger charge is -2.20. The van der Waals surface area contributed by atoms with Crippen LogP contribution >= 0.6 is 34.2 Å². The van der Waals surface area contributed by atoms with Gasteiger partial charge in [0.1, 0.15) is 0 Å².